The van der Waals surface area contributed by atoms with E-state index in [9.17, 15) is 13.6 Å². The first-order valence-corrected chi connectivity index (χ1v) is 8.40. The van der Waals surface area contributed by atoms with Crippen LogP contribution in [0.3, 0.4) is 0 Å². The first kappa shape index (κ1) is 19.0. The maximum Gasteiger partial charge on any atom is 0.315 e. The van der Waals surface area contributed by atoms with Gasteiger partial charge in [0.25, 0.3) is 11.8 Å². The number of aromatic nitrogens is 2. The Labute approximate surface area is 145 Å². The molecule has 7 heteroatoms. The smallest absolute Gasteiger partial charge is 0.315 e. The van der Waals surface area contributed by atoms with E-state index in [1.165, 1.54) is 0 Å². The fraction of sp³-hybridized carbons (Fsp3) is 0.500. The minimum absolute atomic E-state index is 0.0734. The summed E-state index contributed by atoms with van der Waals surface area (Å²) in [4.78, 5) is 15.9. The number of hydrogen-bond donors (Lipinski definition) is 1. The lowest BCUT2D eigenvalue weighted by Gasteiger charge is -2.14. The number of benzene rings is 1. The van der Waals surface area contributed by atoms with Crippen molar-refractivity contribution in [3.8, 4) is 11.4 Å². The number of hydrogen-bond acceptors (Lipinski definition) is 4. The quantitative estimate of drug-likeness (QED) is 0.753. The van der Waals surface area contributed by atoms with E-state index >= 15 is 0 Å². The molecule has 0 saturated heterocycles. The summed E-state index contributed by atoms with van der Waals surface area (Å²) >= 11 is 0. The van der Waals surface area contributed by atoms with E-state index < -0.39 is 12.3 Å². The second kappa shape index (κ2) is 8.69. The van der Waals surface area contributed by atoms with Crippen LogP contribution in [0.2, 0.25) is 0 Å². The standard InChI is InChI=1S/C18H23F2N3O2/c1-11(2)5-4-6-12(3)21-17(24)14-9-7-13(8-10-14)16-22-18(15(19)20)25-23-16/h7-12,15H,4-6H2,1-3H3,(H,21,24). The molecule has 1 N–H and O–H groups in total. The molecule has 0 fully saturated rings. The minimum atomic E-state index is -2.80. The van der Waals surface area contributed by atoms with Gasteiger partial charge >= 0.3 is 6.43 Å². The minimum Gasteiger partial charge on any atom is -0.350 e. The van der Waals surface area contributed by atoms with E-state index in [4.69, 9.17) is 0 Å². The van der Waals surface area contributed by atoms with Crippen LogP contribution in [-0.4, -0.2) is 22.1 Å². The molecular weight excluding hydrogens is 328 g/mol. The van der Waals surface area contributed by atoms with Crippen LogP contribution in [0.25, 0.3) is 11.4 Å². The topological polar surface area (TPSA) is 68.0 Å². The molecule has 136 valence electrons. The molecule has 25 heavy (non-hydrogen) atoms. The van der Waals surface area contributed by atoms with Gasteiger partial charge in [-0.2, -0.15) is 13.8 Å². The van der Waals surface area contributed by atoms with Crippen molar-refractivity contribution in [3.63, 3.8) is 0 Å². The summed E-state index contributed by atoms with van der Waals surface area (Å²) in [7, 11) is 0. The second-order valence-corrected chi connectivity index (χ2v) is 6.53. The third-order valence-electron chi connectivity index (χ3n) is 3.83. The zero-order chi connectivity index (χ0) is 18.4. The van der Waals surface area contributed by atoms with Crippen molar-refractivity contribution in [2.24, 2.45) is 5.92 Å². The van der Waals surface area contributed by atoms with Crippen molar-refractivity contribution in [2.45, 2.75) is 52.5 Å². The highest BCUT2D eigenvalue weighted by Gasteiger charge is 2.17. The van der Waals surface area contributed by atoms with E-state index in [2.05, 4.69) is 33.8 Å². The van der Waals surface area contributed by atoms with Gasteiger partial charge in [-0.15, -0.1) is 0 Å². The zero-order valence-corrected chi connectivity index (χ0v) is 14.6. The molecule has 2 rings (SSSR count). The molecule has 2 aromatic rings. The monoisotopic (exact) mass is 351 g/mol. The molecule has 1 atom stereocenters. The highest BCUT2D eigenvalue weighted by atomic mass is 19.3. The molecule has 0 saturated carbocycles. The first-order chi connectivity index (χ1) is 11.9. The molecule has 1 aromatic carbocycles. The number of carbonyl (C=O) groups excluding carboxylic acids is 1. The van der Waals surface area contributed by atoms with Crippen molar-refractivity contribution in [1.29, 1.82) is 0 Å². The molecule has 1 aromatic heterocycles. The predicted molar refractivity (Wildman–Crippen MR) is 90.3 cm³/mol. The normalized spacial score (nSPS) is 12.6. The van der Waals surface area contributed by atoms with Crippen LogP contribution in [0.5, 0.6) is 0 Å². The van der Waals surface area contributed by atoms with Crippen molar-refractivity contribution in [1.82, 2.24) is 15.5 Å². The Bertz CT molecular complexity index is 684. The summed E-state index contributed by atoms with van der Waals surface area (Å²) in [5.74, 6) is -0.146. The maximum atomic E-state index is 12.5. The molecule has 1 unspecified atom stereocenters. The Morgan fingerprint density at radius 3 is 2.40 bits per heavy atom. The molecule has 0 spiro atoms. The van der Waals surface area contributed by atoms with Gasteiger partial charge in [0.2, 0.25) is 5.82 Å². The molecular formula is C18H23F2N3O2. The second-order valence-electron chi connectivity index (χ2n) is 6.53. The number of nitrogens with one attached hydrogen (secondary N) is 1. The number of carbonyl (C=O) groups is 1. The molecule has 0 radical (unpaired) electrons. The third kappa shape index (κ3) is 5.62. The summed E-state index contributed by atoms with van der Waals surface area (Å²) < 4.78 is 29.4. The molecule has 0 bridgehead atoms. The summed E-state index contributed by atoms with van der Waals surface area (Å²) in [6, 6.07) is 6.54. The Morgan fingerprint density at radius 2 is 1.84 bits per heavy atom. The largest absolute Gasteiger partial charge is 0.350 e. The summed E-state index contributed by atoms with van der Waals surface area (Å²) in [5.41, 5.74) is 1.01. The zero-order valence-electron chi connectivity index (χ0n) is 14.6. The Balaban J connectivity index is 1.93. The van der Waals surface area contributed by atoms with E-state index in [1.54, 1.807) is 24.3 Å². The Morgan fingerprint density at radius 1 is 1.16 bits per heavy atom. The van der Waals surface area contributed by atoms with Crippen molar-refractivity contribution in [3.05, 3.63) is 35.7 Å². The summed E-state index contributed by atoms with van der Waals surface area (Å²) in [6.07, 6.45) is 0.340. The van der Waals surface area contributed by atoms with E-state index in [0.29, 0.717) is 17.0 Å². The van der Waals surface area contributed by atoms with Gasteiger partial charge < -0.3 is 9.84 Å². The molecule has 0 aliphatic carbocycles. The predicted octanol–water partition coefficient (Wildman–Crippen LogP) is 4.62. The van der Waals surface area contributed by atoms with Gasteiger partial charge in [-0.25, -0.2) is 0 Å². The molecule has 1 amide bonds. The van der Waals surface area contributed by atoms with Gasteiger partial charge in [-0.3, -0.25) is 4.79 Å². The number of rotatable bonds is 8. The van der Waals surface area contributed by atoms with Crippen LogP contribution in [0.15, 0.2) is 28.8 Å². The van der Waals surface area contributed by atoms with Gasteiger partial charge in [0, 0.05) is 17.2 Å². The molecule has 0 aliphatic rings. The van der Waals surface area contributed by atoms with Crippen molar-refractivity contribution >= 4 is 5.91 Å². The average molecular weight is 351 g/mol. The number of amides is 1. The lowest BCUT2D eigenvalue weighted by Crippen LogP contribution is -2.32. The number of halogens is 2. The van der Waals surface area contributed by atoms with Gasteiger partial charge in [0.05, 0.1) is 0 Å². The van der Waals surface area contributed by atoms with Crippen LogP contribution in [-0.2, 0) is 0 Å². The highest BCUT2D eigenvalue weighted by Crippen LogP contribution is 2.21. The van der Waals surface area contributed by atoms with Gasteiger partial charge in [-0.05, 0) is 31.4 Å². The van der Waals surface area contributed by atoms with Gasteiger partial charge in [-0.1, -0.05) is 44.0 Å². The fourth-order valence-corrected chi connectivity index (χ4v) is 2.42. The lowest BCUT2D eigenvalue weighted by molar-refractivity contribution is 0.0937. The highest BCUT2D eigenvalue weighted by molar-refractivity contribution is 5.94. The molecule has 1 heterocycles. The fourth-order valence-electron chi connectivity index (χ4n) is 2.42. The van der Waals surface area contributed by atoms with Crippen molar-refractivity contribution in [2.75, 3.05) is 0 Å². The summed E-state index contributed by atoms with van der Waals surface area (Å²) in [5, 5.41) is 6.47. The van der Waals surface area contributed by atoms with Crippen LogP contribution >= 0.6 is 0 Å². The van der Waals surface area contributed by atoms with Crippen LogP contribution in [0, 0.1) is 5.92 Å². The Kier molecular flexibility index (Phi) is 6.61. The number of nitrogens with zero attached hydrogens (tertiary/aromatic N) is 2. The summed E-state index contributed by atoms with van der Waals surface area (Å²) in [6.45, 7) is 6.34. The first-order valence-electron chi connectivity index (χ1n) is 8.40. The molecule has 0 aliphatic heterocycles. The van der Waals surface area contributed by atoms with Crippen LogP contribution < -0.4 is 5.32 Å². The SMILES string of the molecule is CC(C)CCCC(C)NC(=O)c1ccc(-c2noc(C(F)F)n2)cc1. The van der Waals surface area contributed by atoms with Crippen LogP contribution in [0.4, 0.5) is 8.78 Å². The average Bonchev–Trinajstić information content (AvgIpc) is 3.05. The van der Waals surface area contributed by atoms with Gasteiger partial charge in [0.1, 0.15) is 0 Å². The Hall–Kier alpha value is -2.31. The van der Waals surface area contributed by atoms with Crippen molar-refractivity contribution < 1.29 is 18.1 Å². The maximum absolute atomic E-state index is 12.5. The van der Waals surface area contributed by atoms with E-state index in [-0.39, 0.29) is 17.8 Å². The van der Waals surface area contributed by atoms with Crippen LogP contribution in [0.1, 0.15) is 62.7 Å². The van der Waals surface area contributed by atoms with E-state index in [1.807, 2.05) is 6.92 Å². The lowest BCUT2D eigenvalue weighted by atomic mass is 10.0. The number of alkyl halides is 2. The molecule has 5 nitrogen and oxygen atoms in total. The van der Waals surface area contributed by atoms with Gasteiger partial charge in [0.15, 0.2) is 0 Å². The third-order valence-corrected chi connectivity index (χ3v) is 3.83. The van der Waals surface area contributed by atoms with E-state index in [0.717, 1.165) is 19.3 Å².